The van der Waals surface area contributed by atoms with Crippen molar-refractivity contribution < 1.29 is 14.3 Å². The van der Waals surface area contributed by atoms with Gasteiger partial charge < -0.3 is 9.69 Å². The lowest BCUT2D eigenvalue weighted by molar-refractivity contribution is -0.196. The molecule has 2 fully saturated rings. The summed E-state index contributed by atoms with van der Waals surface area (Å²) in [5, 5.41) is 0. The van der Waals surface area contributed by atoms with Crippen LogP contribution < -0.4 is 0 Å². The van der Waals surface area contributed by atoms with Gasteiger partial charge in [0.25, 0.3) is 0 Å². The van der Waals surface area contributed by atoms with Gasteiger partial charge in [0.05, 0.1) is 0 Å². The molecule has 1 saturated heterocycles. The van der Waals surface area contributed by atoms with Gasteiger partial charge in [-0.15, -0.1) is 0 Å². The van der Waals surface area contributed by atoms with Gasteiger partial charge in [-0.05, 0) is 43.3 Å². The molecular formula is C12H20FNO2. The zero-order valence-electron chi connectivity index (χ0n) is 9.77. The SMILES string of the molecule is CN1CCCC1C(CC1CC1)C(C=O)OF. The minimum absolute atomic E-state index is 0.0301. The summed E-state index contributed by atoms with van der Waals surface area (Å²) >= 11 is 0. The molecule has 1 aliphatic heterocycles. The van der Waals surface area contributed by atoms with Crippen molar-refractivity contribution in [1.29, 1.82) is 0 Å². The first-order valence-electron chi connectivity index (χ1n) is 6.19. The van der Waals surface area contributed by atoms with Crippen molar-refractivity contribution in [2.45, 2.75) is 44.2 Å². The Kier molecular flexibility index (Phi) is 3.92. The second-order valence-corrected chi connectivity index (χ2v) is 5.22. The van der Waals surface area contributed by atoms with Gasteiger partial charge >= 0.3 is 0 Å². The lowest BCUT2D eigenvalue weighted by atomic mass is 9.87. The highest BCUT2D eigenvalue weighted by Crippen LogP contribution is 2.40. The molecule has 3 unspecified atom stereocenters. The highest BCUT2D eigenvalue weighted by atomic mass is 19.3. The Morgan fingerprint density at radius 3 is 2.69 bits per heavy atom. The van der Waals surface area contributed by atoms with Gasteiger partial charge in [-0.2, -0.15) is 4.94 Å². The third-order valence-electron chi connectivity index (χ3n) is 4.03. The van der Waals surface area contributed by atoms with Gasteiger partial charge in [-0.1, -0.05) is 12.8 Å². The summed E-state index contributed by atoms with van der Waals surface area (Å²) in [4.78, 5) is 17.0. The van der Waals surface area contributed by atoms with Crippen molar-refractivity contribution in [2.75, 3.05) is 13.6 Å². The number of hydrogen-bond acceptors (Lipinski definition) is 3. The van der Waals surface area contributed by atoms with E-state index in [0.717, 1.165) is 25.8 Å². The quantitative estimate of drug-likeness (QED) is 0.652. The Bertz CT molecular complexity index is 245. The van der Waals surface area contributed by atoms with Crippen LogP contribution in [0.15, 0.2) is 0 Å². The van der Waals surface area contributed by atoms with Crippen LogP contribution in [-0.4, -0.2) is 36.9 Å². The maximum absolute atomic E-state index is 12.4. The van der Waals surface area contributed by atoms with Gasteiger partial charge in [0.15, 0.2) is 12.4 Å². The van der Waals surface area contributed by atoms with E-state index in [0.29, 0.717) is 18.2 Å². The standard InChI is InChI=1S/C12H20FNO2/c1-14-6-2-3-11(14)10(7-9-4-5-9)12(8-15)16-13/h8-12H,2-7H2,1H3. The average molecular weight is 229 g/mol. The van der Waals surface area contributed by atoms with Crippen LogP contribution in [0.4, 0.5) is 4.53 Å². The lowest BCUT2D eigenvalue weighted by Crippen LogP contribution is -2.40. The van der Waals surface area contributed by atoms with Crippen LogP contribution in [0.5, 0.6) is 0 Å². The van der Waals surface area contributed by atoms with Crippen molar-refractivity contribution in [3.05, 3.63) is 0 Å². The summed E-state index contributed by atoms with van der Waals surface area (Å²) in [5.41, 5.74) is 0. The number of carbonyl (C=O) groups is 1. The molecule has 16 heavy (non-hydrogen) atoms. The molecule has 0 spiro atoms. The number of halogens is 1. The predicted octanol–water partition coefficient (Wildman–Crippen LogP) is 1.97. The maximum atomic E-state index is 12.4. The van der Waals surface area contributed by atoms with Gasteiger partial charge in [-0.3, -0.25) is 0 Å². The van der Waals surface area contributed by atoms with Crippen LogP contribution in [0.1, 0.15) is 32.1 Å². The monoisotopic (exact) mass is 229 g/mol. The van der Waals surface area contributed by atoms with Crippen LogP contribution in [0.25, 0.3) is 0 Å². The number of carbonyl (C=O) groups excluding carboxylic acids is 1. The van der Waals surface area contributed by atoms with Crippen molar-refractivity contribution in [3.63, 3.8) is 0 Å². The second kappa shape index (κ2) is 5.23. The number of nitrogens with zero attached hydrogens (tertiary/aromatic N) is 1. The third kappa shape index (κ3) is 2.61. The van der Waals surface area contributed by atoms with Crippen molar-refractivity contribution in [2.24, 2.45) is 11.8 Å². The highest BCUT2D eigenvalue weighted by molar-refractivity contribution is 5.56. The zero-order chi connectivity index (χ0) is 11.5. The van der Waals surface area contributed by atoms with Crippen LogP contribution in [0, 0.1) is 11.8 Å². The molecule has 0 radical (unpaired) electrons. The molecule has 1 saturated carbocycles. The maximum Gasteiger partial charge on any atom is 0.158 e. The smallest absolute Gasteiger partial charge is 0.158 e. The van der Waals surface area contributed by atoms with Crippen molar-refractivity contribution >= 4 is 6.29 Å². The van der Waals surface area contributed by atoms with Gasteiger partial charge in [0.2, 0.25) is 0 Å². The Hall–Kier alpha value is -0.480. The molecule has 0 N–H and O–H groups in total. The predicted molar refractivity (Wildman–Crippen MR) is 58.5 cm³/mol. The minimum Gasteiger partial charge on any atom is -0.303 e. The molecule has 0 bridgehead atoms. The van der Waals surface area contributed by atoms with E-state index < -0.39 is 6.10 Å². The van der Waals surface area contributed by atoms with E-state index in [4.69, 9.17) is 0 Å². The number of aldehydes is 1. The Balaban J connectivity index is 2.02. The largest absolute Gasteiger partial charge is 0.303 e. The van der Waals surface area contributed by atoms with E-state index in [1.807, 2.05) is 0 Å². The van der Waals surface area contributed by atoms with Crippen LogP contribution in [-0.2, 0) is 9.74 Å². The molecule has 0 aromatic heterocycles. The topological polar surface area (TPSA) is 29.5 Å². The summed E-state index contributed by atoms with van der Waals surface area (Å²) in [5.74, 6) is 0.721. The molecule has 0 aromatic carbocycles. The fourth-order valence-corrected chi connectivity index (χ4v) is 2.91. The molecule has 4 heteroatoms. The zero-order valence-corrected chi connectivity index (χ0v) is 9.77. The van der Waals surface area contributed by atoms with Gasteiger partial charge in [0, 0.05) is 12.0 Å². The first-order chi connectivity index (χ1) is 7.76. The van der Waals surface area contributed by atoms with Gasteiger partial charge in [-0.25, -0.2) is 0 Å². The number of rotatable bonds is 6. The summed E-state index contributed by atoms with van der Waals surface area (Å²) in [6.07, 6.45) is 5.34. The molecule has 1 aliphatic carbocycles. The van der Waals surface area contributed by atoms with Crippen LogP contribution >= 0.6 is 0 Å². The molecule has 0 amide bonds. The lowest BCUT2D eigenvalue weighted by Gasteiger charge is -2.30. The summed E-state index contributed by atoms with van der Waals surface area (Å²) in [7, 11) is 2.05. The van der Waals surface area contributed by atoms with E-state index in [2.05, 4.69) is 16.9 Å². The van der Waals surface area contributed by atoms with Gasteiger partial charge in [0.1, 0.15) is 0 Å². The molecule has 3 atom stereocenters. The molecule has 3 nitrogen and oxygen atoms in total. The summed E-state index contributed by atoms with van der Waals surface area (Å²) in [6.45, 7) is 1.05. The highest BCUT2D eigenvalue weighted by Gasteiger charge is 2.39. The Labute approximate surface area is 95.8 Å². The second-order valence-electron chi connectivity index (χ2n) is 5.22. The Morgan fingerprint density at radius 1 is 1.50 bits per heavy atom. The minimum atomic E-state index is -0.869. The molecule has 0 aromatic rings. The van der Waals surface area contributed by atoms with E-state index in [1.54, 1.807) is 0 Å². The molecule has 1 heterocycles. The number of likely N-dealkylation sites (tertiary alicyclic amines) is 1. The Morgan fingerprint density at radius 2 is 2.25 bits per heavy atom. The summed E-state index contributed by atoms with van der Waals surface area (Å²) in [6, 6.07) is 0.312. The van der Waals surface area contributed by atoms with Crippen LogP contribution in [0.3, 0.4) is 0 Å². The van der Waals surface area contributed by atoms with E-state index >= 15 is 0 Å². The first kappa shape index (κ1) is 12.0. The van der Waals surface area contributed by atoms with Crippen molar-refractivity contribution in [1.82, 2.24) is 4.90 Å². The normalized spacial score (nSPS) is 30.2. The number of hydrogen-bond donors (Lipinski definition) is 0. The van der Waals surface area contributed by atoms with Crippen molar-refractivity contribution in [3.8, 4) is 0 Å². The fraction of sp³-hybridized carbons (Fsp3) is 0.917. The van der Waals surface area contributed by atoms with Crippen LogP contribution in [0.2, 0.25) is 0 Å². The molecule has 2 aliphatic rings. The third-order valence-corrected chi connectivity index (χ3v) is 4.03. The average Bonchev–Trinajstić information content (AvgIpc) is 3.00. The fourth-order valence-electron chi connectivity index (χ4n) is 2.91. The van der Waals surface area contributed by atoms with E-state index in [9.17, 15) is 9.32 Å². The van der Waals surface area contributed by atoms with E-state index in [1.165, 1.54) is 12.8 Å². The summed E-state index contributed by atoms with van der Waals surface area (Å²) < 4.78 is 12.4. The molecular weight excluding hydrogens is 209 g/mol. The first-order valence-corrected chi connectivity index (χ1v) is 6.19. The molecule has 2 rings (SSSR count). The van der Waals surface area contributed by atoms with E-state index in [-0.39, 0.29) is 5.92 Å². The molecule has 92 valence electrons.